The van der Waals surface area contributed by atoms with Gasteiger partial charge in [-0.25, -0.2) is 4.98 Å². The molecule has 3 aromatic rings. The Balaban J connectivity index is 1.72. The number of hydrogen-bond acceptors (Lipinski definition) is 4. The Morgan fingerprint density at radius 3 is 2.40 bits per heavy atom. The van der Waals surface area contributed by atoms with Crippen LogP contribution in [-0.2, 0) is 13.5 Å². The predicted molar refractivity (Wildman–Crippen MR) is 96.3 cm³/mol. The van der Waals surface area contributed by atoms with Gasteiger partial charge in [-0.2, -0.15) is 0 Å². The second-order valence-electron chi connectivity index (χ2n) is 5.62. The van der Waals surface area contributed by atoms with Crippen LogP contribution < -0.4 is 14.8 Å². The van der Waals surface area contributed by atoms with E-state index in [0.717, 1.165) is 16.9 Å². The van der Waals surface area contributed by atoms with Crippen molar-refractivity contribution in [3.63, 3.8) is 0 Å². The summed E-state index contributed by atoms with van der Waals surface area (Å²) in [5, 5.41) is 2.92. The second kappa shape index (κ2) is 7.25. The highest BCUT2D eigenvalue weighted by Crippen LogP contribution is 2.27. The zero-order valence-electron chi connectivity index (χ0n) is 14.6. The topological polar surface area (TPSA) is 65.4 Å². The molecule has 1 amide bonds. The summed E-state index contributed by atoms with van der Waals surface area (Å²) in [6.07, 6.45) is 0.633. The molecule has 1 aromatic heterocycles. The fourth-order valence-electron chi connectivity index (χ4n) is 2.87. The van der Waals surface area contributed by atoms with Crippen molar-refractivity contribution in [1.29, 1.82) is 0 Å². The van der Waals surface area contributed by atoms with Crippen LogP contribution in [0, 0.1) is 0 Å². The van der Waals surface area contributed by atoms with Gasteiger partial charge in [0.1, 0.15) is 22.9 Å². The molecule has 6 nitrogen and oxygen atoms in total. The van der Waals surface area contributed by atoms with Crippen molar-refractivity contribution in [1.82, 2.24) is 14.9 Å². The predicted octanol–water partition coefficient (Wildman–Crippen LogP) is 2.56. The third-order valence-corrected chi connectivity index (χ3v) is 4.17. The molecular weight excluding hydrogens is 318 g/mol. The third kappa shape index (κ3) is 3.28. The van der Waals surface area contributed by atoms with Gasteiger partial charge in [-0.3, -0.25) is 4.79 Å². The fraction of sp³-hybridized carbons (Fsp3) is 0.263. The monoisotopic (exact) mass is 339 g/mol. The van der Waals surface area contributed by atoms with E-state index >= 15 is 0 Å². The van der Waals surface area contributed by atoms with Gasteiger partial charge < -0.3 is 19.4 Å². The molecule has 0 spiro atoms. The molecule has 0 aliphatic rings. The fourth-order valence-corrected chi connectivity index (χ4v) is 2.87. The van der Waals surface area contributed by atoms with Crippen molar-refractivity contribution in [2.45, 2.75) is 6.42 Å². The summed E-state index contributed by atoms with van der Waals surface area (Å²) in [6, 6.07) is 13.2. The van der Waals surface area contributed by atoms with Crippen molar-refractivity contribution in [3.05, 3.63) is 53.9 Å². The average molecular weight is 339 g/mol. The van der Waals surface area contributed by atoms with Gasteiger partial charge in [0, 0.05) is 20.0 Å². The Morgan fingerprint density at radius 1 is 1.08 bits per heavy atom. The van der Waals surface area contributed by atoms with Crippen LogP contribution >= 0.6 is 0 Å². The molecule has 1 heterocycles. The van der Waals surface area contributed by atoms with Crippen LogP contribution in [0.3, 0.4) is 0 Å². The maximum absolute atomic E-state index is 12.6. The minimum absolute atomic E-state index is 0.229. The molecule has 0 aliphatic heterocycles. The SMILES string of the molecule is COc1cccc(OC)c1C(=O)NCCc1nc2ccccc2n1C. The number of amides is 1. The van der Waals surface area contributed by atoms with E-state index in [0.29, 0.717) is 30.0 Å². The lowest BCUT2D eigenvalue weighted by atomic mass is 10.1. The highest BCUT2D eigenvalue weighted by atomic mass is 16.5. The number of nitrogens with one attached hydrogen (secondary N) is 1. The molecule has 0 bridgehead atoms. The first-order valence-electron chi connectivity index (χ1n) is 8.05. The first-order valence-corrected chi connectivity index (χ1v) is 8.05. The van der Waals surface area contributed by atoms with E-state index < -0.39 is 0 Å². The largest absolute Gasteiger partial charge is 0.496 e. The number of aromatic nitrogens is 2. The molecule has 25 heavy (non-hydrogen) atoms. The van der Waals surface area contributed by atoms with Gasteiger partial charge in [0.2, 0.25) is 0 Å². The number of para-hydroxylation sites is 2. The molecule has 2 aromatic carbocycles. The second-order valence-corrected chi connectivity index (χ2v) is 5.62. The normalized spacial score (nSPS) is 10.7. The summed E-state index contributed by atoms with van der Waals surface area (Å²) in [7, 11) is 5.05. The van der Waals surface area contributed by atoms with E-state index in [2.05, 4.69) is 10.3 Å². The molecule has 0 saturated carbocycles. The Morgan fingerprint density at radius 2 is 1.76 bits per heavy atom. The molecule has 0 unspecified atom stereocenters. The standard InChI is InChI=1S/C19H21N3O3/c1-22-14-8-5-4-7-13(14)21-17(22)11-12-20-19(23)18-15(24-2)9-6-10-16(18)25-3/h4-10H,11-12H2,1-3H3,(H,20,23). The van der Waals surface area contributed by atoms with Crippen LogP contribution in [0.1, 0.15) is 16.2 Å². The molecule has 0 saturated heterocycles. The van der Waals surface area contributed by atoms with E-state index in [-0.39, 0.29) is 5.91 Å². The Hall–Kier alpha value is -3.02. The maximum atomic E-state index is 12.6. The molecule has 6 heteroatoms. The van der Waals surface area contributed by atoms with Crippen molar-refractivity contribution < 1.29 is 14.3 Å². The Kier molecular flexibility index (Phi) is 4.88. The van der Waals surface area contributed by atoms with Crippen LogP contribution in [-0.4, -0.2) is 36.2 Å². The number of carbonyl (C=O) groups is 1. The summed E-state index contributed by atoms with van der Waals surface area (Å²) >= 11 is 0. The molecule has 0 fully saturated rings. The van der Waals surface area contributed by atoms with Crippen LogP contribution in [0.5, 0.6) is 11.5 Å². The number of aryl methyl sites for hydroxylation is 1. The van der Waals surface area contributed by atoms with Crippen molar-refractivity contribution in [2.24, 2.45) is 7.05 Å². The number of carbonyl (C=O) groups excluding carboxylic acids is 1. The molecule has 3 rings (SSSR count). The van der Waals surface area contributed by atoms with Crippen LogP contribution in [0.4, 0.5) is 0 Å². The van der Waals surface area contributed by atoms with Crippen LogP contribution in [0.2, 0.25) is 0 Å². The molecule has 0 atom stereocenters. The first-order chi connectivity index (χ1) is 12.2. The smallest absolute Gasteiger partial charge is 0.258 e. The molecule has 0 radical (unpaired) electrons. The van der Waals surface area contributed by atoms with Gasteiger partial charge in [0.25, 0.3) is 5.91 Å². The molecular formula is C19H21N3O3. The lowest BCUT2D eigenvalue weighted by molar-refractivity contribution is 0.0947. The van der Waals surface area contributed by atoms with E-state index in [1.165, 1.54) is 14.2 Å². The number of methoxy groups -OCH3 is 2. The van der Waals surface area contributed by atoms with E-state index in [9.17, 15) is 4.79 Å². The average Bonchev–Trinajstić information content (AvgIpc) is 2.97. The molecule has 130 valence electrons. The summed E-state index contributed by atoms with van der Waals surface area (Å²) in [6.45, 7) is 0.469. The number of hydrogen-bond donors (Lipinski definition) is 1. The van der Waals surface area contributed by atoms with Crippen LogP contribution in [0.15, 0.2) is 42.5 Å². The van der Waals surface area contributed by atoms with E-state index in [4.69, 9.17) is 9.47 Å². The minimum Gasteiger partial charge on any atom is -0.496 e. The Bertz CT molecular complexity index is 880. The van der Waals surface area contributed by atoms with Crippen molar-refractivity contribution >= 4 is 16.9 Å². The highest BCUT2D eigenvalue weighted by molar-refractivity contribution is 5.99. The van der Waals surface area contributed by atoms with Gasteiger partial charge in [0.15, 0.2) is 0 Å². The number of imidazole rings is 1. The van der Waals surface area contributed by atoms with Crippen molar-refractivity contribution in [3.8, 4) is 11.5 Å². The summed E-state index contributed by atoms with van der Waals surface area (Å²) in [4.78, 5) is 17.2. The lowest BCUT2D eigenvalue weighted by Crippen LogP contribution is -2.27. The zero-order valence-corrected chi connectivity index (χ0v) is 14.6. The summed E-state index contributed by atoms with van der Waals surface area (Å²) in [5.41, 5.74) is 2.44. The molecule has 0 aliphatic carbocycles. The van der Waals surface area contributed by atoms with Gasteiger partial charge in [-0.05, 0) is 24.3 Å². The van der Waals surface area contributed by atoms with Gasteiger partial charge >= 0.3 is 0 Å². The first kappa shape index (κ1) is 16.8. The summed E-state index contributed by atoms with van der Waals surface area (Å²) in [5.74, 6) is 1.67. The maximum Gasteiger partial charge on any atom is 0.258 e. The van der Waals surface area contributed by atoms with E-state index in [1.807, 2.05) is 35.9 Å². The van der Waals surface area contributed by atoms with E-state index in [1.54, 1.807) is 18.2 Å². The number of ether oxygens (including phenoxy) is 2. The van der Waals surface area contributed by atoms with Gasteiger partial charge in [-0.1, -0.05) is 18.2 Å². The molecule has 1 N–H and O–H groups in total. The minimum atomic E-state index is -0.229. The van der Waals surface area contributed by atoms with Gasteiger partial charge in [-0.15, -0.1) is 0 Å². The quantitative estimate of drug-likeness (QED) is 0.750. The number of rotatable bonds is 6. The number of benzene rings is 2. The number of nitrogens with zero attached hydrogens (tertiary/aromatic N) is 2. The van der Waals surface area contributed by atoms with Crippen molar-refractivity contribution in [2.75, 3.05) is 20.8 Å². The zero-order chi connectivity index (χ0) is 17.8. The summed E-state index contributed by atoms with van der Waals surface area (Å²) < 4.78 is 12.6. The van der Waals surface area contributed by atoms with Crippen LogP contribution in [0.25, 0.3) is 11.0 Å². The highest BCUT2D eigenvalue weighted by Gasteiger charge is 2.18. The third-order valence-electron chi connectivity index (χ3n) is 4.17. The number of fused-ring (bicyclic) bond motifs is 1. The lowest BCUT2D eigenvalue weighted by Gasteiger charge is -2.13. The Labute approximate surface area is 146 Å². The van der Waals surface area contributed by atoms with Gasteiger partial charge in [0.05, 0.1) is 25.3 Å².